The molecule has 0 saturated heterocycles. The minimum Gasteiger partial charge on any atom is -0.469 e. The molecule has 0 radical (unpaired) electrons. The lowest BCUT2D eigenvalue weighted by atomic mass is 9.96. The maximum atomic E-state index is 12.4. The maximum absolute atomic E-state index is 12.4. The zero-order chi connectivity index (χ0) is 13.9. The summed E-state index contributed by atoms with van der Waals surface area (Å²) in [6.07, 6.45) is 7.12. The first-order valence-electron chi connectivity index (χ1n) is 7.13. The third-order valence-electron chi connectivity index (χ3n) is 4.29. The first-order chi connectivity index (χ1) is 9.04. The molecule has 6 heteroatoms. The van der Waals surface area contributed by atoms with E-state index >= 15 is 0 Å². The van der Waals surface area contributed by atoms with Crippen molar-refractivity contribution in [2.45, 2.75) is 62.7 Å². The molecule has 5 nitrogen and oxygen atoms in total. The average Bonchev–Trinajstić information content (AvgIpc) is 2.88. The number of sulfonamides is 1. The quantitative estimate of drug-likeness (QED) is 0.798. The zero-order valence-corrected chi connectivity index (χ0v) is 12.2. The summed E-state index contributed by atoms with van der Waals surface area (Å²) in [6, 6.07) is 0.0534. The highest BCUT2D eigenvalue weighted by atomic mass is 32.2. The minimum absolute atomic E-state index is 0.0534. The molecule has 2 aliphatic carbocycles. The lowest BCUT2D eigenvalue weighted by Crippen LogP contribution is -2.44. The van der Waals surface area contributed by atoms with Gasteiger partial charge in [-0.15, -0.1) is 0 Å². The molecule has 0 bridgehead atoms. The number of carbonyl (C=O) groups is 1. The number of rotatable bonds is 4. The smallest absolute Gasteiger partial charge is 0.310 e. The molecule has 0 aromatic rings. The van der Waals surface area contributed by atoms with Crippen LogP contribution in [-0.2, 0) is 19.6 Å². The van der Waals surface area contributed by atoms with Crippen molar-refractivity contribution in [3.63, 3.8) is 0 Å². The van der Waals surface area contributed by atoms with E-state index in [9.17, 15) is 13.2 Å². The van der Waals surface area contributed by atoms with Crippen LogP contribution in [0.15, 0.2) is 0 Å². The van der Waals surface area contributed by atoms with E-state index in [1.807, 2.05) is 0 Å². The Morgan fingerprint density at radius 2 is 1.74 bits per heavy atom. The van der Waals surface area contributed by atoms with Gasteiger partial charge in [-0.05, 0) is 25.7 Å². The van der Waals surface area contributed by atoms with Crippen LogP contribution in [-0.4, -0.2) is 32.8 Å². The molecule has 0 aliphatic heterocycles. The van der Waals surface area contributed by atoms with Crippen LogP contribution in [0.25, 0.3) is 0 Å². The van der Waals surface area contributed by atoms with Crippen molar-refractivity contribution >= 4 is 16.0 Å². The molecule has 0 aromatic heterocycles. The molecule has 2 fully saturated rings. The van der Waals surface area contributed by atoms with E-state index in [4.69, 9.17) is 4.74 Å². The van der Waals surface area contributed by atoms with Gasteiger partial charge in [-0.3, -0.25) is 4.79 Å². The van der Waals surface area contributed by atoms with Crippen molar-refractivity contribution in [3.8, 4) is 0 Å². The third kappa shape index (κ3) is 3.48. The molecule has 1 N–H and O–H groups in total. The topological polar surface area (TPSA) is 72.5 Å². The second-order valence-electron chi connectivity index (χ2n) is 5.60. The molecule has 2 aliphatic rings. The van der Waals surface area contributed by atoms with Gasteiger partial charge in [-0.25, -0.2) is 13.1 Å². The highest BCUT2D eigenvalue weighted by Gasteiger charge is 2.42. The average molecular weight is 289 g/mol. The van der Waals surface area contributed by atoms with Crippen molar-refractivity contribution in [1.82, 2.24) is 4.72 Å². The first-order valence-corrected chi connectivity index (χ1v) is 8.68. The predicted octanol–water partition coefficient (Wildman–Crippen LogP) is 1.58. The van der Waals surface area contributed by atoms with Gasteiger partial charge in [0.25, 0.3) is 0 Å². The monoisotopic (exact) mass is 289 g/mol. The number of esters is 1. The number of nitrogens with one attached hydrogen (secondary N) is 1. The fraction of sp³-hybridized carbons (Fsp3) is 0.923. The van der Waals surface area contributed by atoms with Gasteiger partial charge in [0.05, 0.1) is 18.3 Å². The summed E-state index contributed by atoms with van der Waals surface area (Å²) in [5.74, 6) is -0.886. The van der Waals surface area contributed by atoms with Crippen molar-refractivity contribution < 1.29 is 17.9 Å². The van der Waals surface area contributed by atoms with Crippen LogP contribution in [0.4, 0.5) is 0 Å². The molecule has 0 spiro atoms. The van der Waals surface area contributed by atoms with E-state index in [-0.39, 0.29) is 6.04 Å². The fourth-order valence-corrected chi connectivity index (χ4v) is 5.29. The summed E-state index contributed by atoms with van der Waals surface area (Å²) < 4.78 is 32.4. The Morgan fingerprint density at radius 3 is 2.37 bits per heavy atom. The Bertz CT molecular complexity index is 414. The molecule has 2 rings (SSSR count). The summed E-state index contributed by atoms with van der Waals surface area (Å²) in [5, 5.41) is -0.609. The van der Waals surface area contributed by atoms with Crippen LogP contribution in [0, 0.1) is 5.92 Å². The van der Waals surface area contributed by atoms with Gasteiger partial charge in [-0.2, -0.15) is 0 Å². The van der Waals surface area contributed by atoms with Crippen molar-refractivity contribution in [2.75, 3.05) is 7.11 Å². The minimum atomic E-state index is -3.41. The fourth-order valence-electron chi connectivity index (χ4n) is 3.26. The van der Waals surface area contributed by atoms with Gasteiger partial charge < -0.3 is 4.74 Å². The van der Waals surface area contributed by atoms with Gasteiger partial charge in [0.1, 0.15) is 0 Å². The summed E-state index contributed by atoms with van der Waals surface area (Å²) >= 11 is 0. The predicted molar refractivity (Wildman–Crippen MR) is 72.1 cm³/mol. The normalized spacial score (nSPS) is 29.3. The lowest BCUT2D eigenvalue weighted by molar-refractivity contribution is -0.145. The second-order valence-corrected chi connectivity index (χ2v) is 7.53. The van der Waals surface area contributed by atoms with Gasteiger partial charge in [0, 0.05) is 6.04 Å². The molecule has 0 amide bonds. The molecule has 0 aromatic carbocycles. The Hall–Kier alpha value is -0.620. The third-order valence-corrected chi connectivity index (χ3v) is 6.31. The Labute approximate surface area is 115 Å². The van der Waals surface area contributed by atoms with E-state index < -0.39 is 27.2 Å². The highest BCUT2D eigenvalue weighted by Crippen LogP contribution is 2.32. The molecular formula is C13H23NO4S. The van der Waals surface area contributed by atoms with Crippen molar-refractivity contribution in [3.05, 3.63) is 0 Å². The van der Waals surface area contributed by atoms with Crippen molar-refractivity contribution in [2.24, 2.45) is 5.92 Å². The lowest BCUT2D eigenvalue weighted by Gasteiger charge is -2.26. The van der Waals surface area contributed by atoms with E-state index in [0.717, 1.165) is 32.1 Å². The number of hydrogen-bond acceptors (Lipinski definition) is 4. The van der Waals surface area contributed by atoms with Crippen LogP contribution < -0.4 is 4.72 Å². The van der Waals surface area contributed by atoms with Gasteiger partial charge in [0.15, 0.2) is 0 Å². The summed E-state index contributed by atoms with van der Waals surface area (Å²) in [6.45, 7) is 0. The zero-order valence-electron chi connectivity index (χ0n) is 11.4. The SMILES string of the molecule is COC(=O)C1CCCC1S(=O)(=O)NC1CCCCC1. The van der Waals surface area contributed by atoms with E-state index in [1.54, 1.807) is 0 Å². The molecule has 2 unspecified atom stereocenters. The maximum Gasteiger partial charge on any atom is 0.310 e. The Kier molecular flexibility index (Phi) is 4.84. The molecule has 2 atom stereocenters. The molecule has 110 valence electrons. The molecule has 19 heavy (non-hydrogen) atoms. The largest absolute Gasteiger partial charge is 0.469 e. The Balaban J connectivity index is 2.03. The number of ether oxygens (including phenoxy) is 1. The highest BCUT2D eigenvalue weighted by molar-refractivity contribution is 7.90. The number of carbonyl (C=O) groups excluding carboxylic acids is 1. The first kappa shape index (κ1) is 14.8. The molecular weight excluding hydrogens is 266 g/mol. The summed E-state index contributed by atoms with van der Waals surface area (Å²) in [4.78, 5) is 11.6. The standard InChI is InChI=1S/C13H23NO4S/c1-18-13(15)11-8-5-9-12(11)19(16,17)14-10-6-3-2-4-7-10/h10-12,14H,2-9H2,1H3. The molecule has 2 saturated carbocycles. The van der Waals surface area contributed by atoms with Gasteiger partial charge in [-0.1, -0.05) is 25.7 Å². The van der Waals surface area contributed by atoms with Crippen LogP contribution >= 0.6 is 0 Å². The van der Waals surface area contributed by atoms with E-state index in [2.05, 4.69) is 4.72 Å². The van der Waals surface area contributed by atoms with Crippen LogP contribution in [0.1, 0.15) is 51.4 Å². The number of methoxy groups -OCH3 is 1. The summed E-state index contributed by atoms with van der Waals surface area (Å²) in [5.41, 5.74) is 0. The van der Waals surface area contributed by atoms with Crippen LogP contribution in [0.5, 0.6) is 0 Å². The Morgan fingerprint density at radius 1 is 1.05 bits per heavy atom. The van der Waals surface area contributed by atoms with E-state index in [1.165, 1.54) is 13.5 Å². The molecule has 0 heterocycles. The van der Waals surface area contributed by atoms with Crippen LogP contribution in [0.3, 0.4) is 0 Å². The van der Waals surface area contributed by atoms with Crippen LogP contribution in [0.2, 0.25) is 0 Å². The summed E-state index contributed by atoms with van der Waals surface area (Å²) in [7, 11) is -2.10. The van der Waals surface area contributed by atoms with Gasteiger partial charge >= 0.3 is 5.97 Å². The van der Waals surface area contributed by atoms with Gasteiger partial charge in [0.2, 0.25) is 10.0 Å². The van der Waals surface area contributed by atoms with Crippen molar-refractivity contribution in [1.29, 1.82) is 0 Å². The second kappa shape index (κ2) is 6.22. The number of hydrogen-bond donors (Lipinski definition) is 1. The van der Waals surface area contributed by atoms with E-state index in [0.29, 0.717) is 12.8 Å².